The van der Waals surface area contributed by atoms with E-state index < -0.39 is 27.4 Å². The monoisotopic (exact) mass is 553 g/mol. The van der Waals surface area contributed by atoms with Crippen molar-refractivity contribution in [3.05, 3.63) is 71.9 Å². The lowest BCUT2D eigenvalue weighted by molar-refractivity contribution is -0.146. The standard InChI is InChI=1S/C28H32FN5O4S/c1-4-11-32-18-24(17-30-32)39(37,38)33-12-10-28(27(35)36,15-22(33)5-2)25-14-20-16-31-34(26(20)13-19(25)3)23-8-6-21(29)7-9-23/h6-9,13-14,16-18,22H,4-5,10-12,15H2,1-3H3,(H,35,36). The van der Waals surface area contributed by atoms with Crippen LogP contribution in [-0.4, -0.2) is 55.9 Å². The predicted octanol–water partition coefficient (Wildman–Crippen LogP) is 4.67. The molecule has 0 aliphatic carbocycles. The van der Waals surface area contributed by atoms with Crippen LogP contribution in [0.4, 0.5) is 4.39 Å². The number of carbonyl (C=O) groups is 1. The van der Waals surface area contributed by atoms with E-state index in [4.69, 9.17) is 0 Å². The summed E-state index contributed by atoms with van der Waals surface area (Å²) in [7, 11) is -3.84. The molecule has 2 unspecified atom stereocenters. The molecule has 3 heterocycles. The van der Waals surface area contributed by atoms with Crippen molar-refractivity contribution in [2.24, 2.45) is 0 Å². The molecular weight excluding hydrogens is 521 g/mol. The van der Waals surface area contributed by atoms with Crippen LogP contribution in [0.1, 0.15) is 50.7 Å². The number of hydrogen-bond acceptors (Lipinski definition) is 5. The second-order valence-electron chi connectivity index (χ2n) is 10.2. The molecule has 1 aliphatic heterocycles. The Labute approximate surface area is 226 Å². The minimum atomic E-state index is -3.84. The van der Waals surface area contributed by atoms with Gasteiger partial charge >= 0.3 is 5.97 Å². The van der Waals surface area contributed by atoms with Crippen LogP contribution in [0.2, 0.25) is 0 Å². The van der Waals surface area contributed by atoms with Gasteiger partial charge in [0.25, 0.3) is 0 Å². The number of benzene rings is 2. The van der Waals surface area contributed by atoms with Gasteiger partial charge in [-0.15, -0.1) is 0 Å². The van der Waals surface area contributed by atoms with Gasteiger partial charge in [0.2, 0.25) is 10.0 Å². The normalized spacial score (nSPS) is 20.5. The van der Waals surface area contributed by atoms with E-state index in [0.717, 1.165) is 22.9 Å². The van der Waals surface area contributed by atoms with Gasteiger partial charge in [0.1, 0.15) is 10.7 Å². The number of carboxylic acids is 1. The Balaban J connectivity index is 1.51. The maximum atomic E-state index is 13.6. The number of piperidine rings is 1. The number of aromatic nitrogens is 4. The quantitative estimate of drug-likeness (QED) is 0.340. The van der Waals surface area contributed by atoms with E-state index in [2.05, 4.69) is 10.2 Å². The van der Waals surface area contributed by atoms with E-state index in [0.29, 0.717) is 24.2 Å². The van der Waals surface area contributed by atoms with Crippen LogP contribution in [0.3, 0.4) is 0 Å². The maximum Gasteiger partial charge on any atom is 0.314 e. The summed E-state index contributed by atoms with van der Waals surface area (Å²) in [4.78, 5) is 13.1. The van der Waals surface area contributed by atoms with Gasteiger partial charge in [0, 0.05) is 30.7 Å². The minimum absolute atomic E-state index is 0.0818. The number of hydrogen-bond donors (Lipinski definition) is 1. The highest BCUT2D eigenvalue weighted by molar-refractivity contribution is 7.89. The Kier molecular flexibility index (Phi) is 7.06. The molecule has 1 aliphatic rings. The predicted molar refractivity (Wildman–Crippen MR) is 145 cm³/mol. The van der Waals surface area contributed by atoms with Crippen LogP contribution in [0.5, 0.6) is 0 Å². The van der Waals surface area contributed by atoms with Crippen LogP contribution in [0, 0.1) is 12.7 Å². The third-order valence-electron chi connectivity index (χ3n) is 7.80. The Morgan fingerprint density at radius 2 is 1.90 bits per heavy atom. The van der Waals surface area contributed by atoms with Crippen molar-refractivity contribution in [2.45, 2.75) is 69.4 Å². The summed E-state index contributed by atoms with van der Waals surface area (Å²) in [6.45, 7) is 6.45. The van der Waals surface area contributed by atoms with Crippen molar-refractivity contribution in [3.63, 3.8) is 0 Å². The first-order chi connectivity index (χ1) is 18.6. The molecule has 4 aromatic rings. The molecule has 9 nitrogen and oxygen atoms in total. The highest BCUT2D eigenvalue weighted by Crippen LogP contribution is 2.43. The summed E-state index contributed by atoms with van der Waals surface area (Å²) in [5.41, 5.74) is 1.65. The van der Waals surface area contributed by atoms with Crippen molar-refractivity contribution in [2.75, 3.05) is 6.54 Å². The molecule has 0 radical (unpaired) electrons. The lowest BCUT2D eigenvalue weighted by Crippen LogP contribution is -2.54. The van der Waals surface area contributed by atoms with Gasteiger partial charge in [-0.1, -0.05) is 13.8 Å². The summed E-state index contributed by atoms with van der Waals surface area (Å²) in [6.07, 6.45) is 6.17. The zero-order chi connectivity index (χ0) is 27.9. The van der Waals surface area contributed by atoms with Gasteiger partial charge in [-0.25, -0.2) is 17.5 Å². The summed E-state index contributed by atoms with van der Waals surface area (Å²) < 4.78 is 45.4. The third-order valence-corrected chi connectivity index (χ3v) is 9.71. The lowest BCUT2D eigenvalue weighted by atomic mass is 9.69. The Bertz CT molecular complexity index is 1630. The largest absolute Gasteiger partial charge is 0.481 e. The van der Waals surface area contributed by atoms with Crippen molar-refractivity contribution in [1.82, 2.24) is 23.9 Å². The molecule has 39 heavy (non-hydrogen) atoms. The molecule has 0 spiro atoms. The second kappa shape index (κ2) is 10.2. The van der Waals surface area contributed by atoms with Crippen LogP contribution in [0.25, 0.3) is 16.6 Å². The van der Waals surface area contributed by atoms with Crippen molar-refractivity contribution < 1.29 is 22.7 Å². The third kappa shape index (κ3) is 4.63. The first-order valence-corrected chi connectivity index (χ1v) is 14.6. The van der Waals surface area contributed by atoms with E-state index in [1.54, 1.807) is 33.9 Å². The number of fused-ring (bicyclic) bond motifs is 1. The van der Waals surface area contributed by atoms with Crippen molar-refractivity contribution in [3.8, 4) is 5.69 Å². The van der Waals surface area contributed by atoms with Crippen LogP contribution < -0.4 is 0 Å². The topological polar surface area (TPSA) is 110 Å². The fourth-order valence-corrected chi connectivity index (χ4v) is 7.41. The molecule has 1 saturated heterocycles. The SMILES string of the molecule is CCCn1cc(S(=O)(=O)N2CCC(C(=O)O)(c3cc4cnn(-c5ccc(F)cc5)c4cc3C)CC2CC)cn1. The molecule has 0 amide bonds. The number of rotatable bonds is 8. The van der Waals surface area contributed by atoms with Gasteiger partial charge in [-0.3, -0.25) is 9.48 Å². The number of nitrogens with zero attached hydrogens (tertiary/aromatic N) is 5. The Morgan fingerprint density at radius 3 is 2.56 bits per heavy atom. The molecule has 0 bridgehead atoms. The first-order valence-electron chi connectivity index (χ1n) is 13.1. The van der Waals surface area contributed by atoms with Gasteiger partial charge in [-0.2, -0.15) is 14.5 Å². The fourth-order valence-electron chi connectivity index (χ4n) is 5.75. The van der Waals surface area contributed by atoms with Crippen LogP contribution >= 0.6 is 0 Å². The number of carboxylic acid groups (broad SMARTS) is 1. The smallest absolute Gasteiger partial charge is 0.314 e. The molecule has 1 N–H and O–H groups in total. The summed E-state index contributed by atoms with van der Waals surface area (Å²) in [5.74, 6) is -1.31. The Morgan fingerprint density at radius 1 is 1.15 bits per heavy atom. The van der Waals surface area contributed by atoms with E-state index in [1.165, 1.54) is 22.6 Å². The summed E-state index contributed by atoms with van der Waals surface area (Å²) >= 11 is 0. The van der Waals surface area contributed by atoms with E-state index in [-0.39, 0.29) is 30.1 Å². The van der Waals surface area contributed by atoms with Crippen molar-refractivity contribution >= 4 is 26.9 Å². The number of sulfonamides is 1. The van der Waals surface area contributed by atoms with Crippen LogP contribution in [-0.2, 0) is 26.8 Å². The zero-order valence-corrected chi connectivity index (χ0v) is 23.0. The average Bonchev–Trinajstić information content (AvgIpc) is 3.56. The van der Waals surface area contributed by atoms with E-state index in [1.807, 2.05) is 32.9 Å². The highest BCUT2D eigenvalue weighted by Gasteiger charge is 2.50. The molecule has 1 fully saturated rings. The number of aryl methyl sites for hydroxylation is 2. The lowest BCUT2D eigenvalue weighted by Gasteiger charge is -2.44. The first kappa shape index (κ1) is 27.0. The molecule has 2 aromatic heterocycles. The molecular formula is C28H32FN5O4S. The molecule has 11 heteroatoms. The van der Waals surface area contributed by atoms with E-state index in [9.17, 15) is 22.7 Å². The summed E-state index contributed by atoms with van der Waals surface area (Å²) in [5, 5.41) is 20.0. The summed E-state index contributed by atoms with van der Waals surface area (Å²) in [6, 6.07) is 9.27. The average molecular weight is 554 g/mol. The highest BCUT2D eigenvalue weighted by atomic mass is 32.2. The van der Waals surface area contributed by atoms with Gasteiger partial charge in [0.15, 0.2) is 0 Å². The molecule has 206 valence electrons. The van der Waals surface area contributed by atoms with E-state index >= 15 is 0 Å². The van der Waals surface area contributed by atoms with Gasteiger partial charge < -0.3 is 5.11 Å². The van der Waals surface area contributed by atoms with Gasteiger partial charge in [0.05, 0.1) is 29.0 Å². The molecule has 2 atom stereocenters. The van der Waals surface area contributed by atoms with Gasteiger partial charge in [-0.05, 0) is 80.1 Å². The van der Waals surface area contributed by atoms with Crippen molar-refractivity contribution in [1.29, 1.82) is 0 Å². The maximum absolute atomic E-state index is 13.6. The zero-order valence-electron chi connectivity index (χ0n) is 22.2. The number of aliphatic carboxylic acids is 1. The molecule has 2 aromatic carbocycles. The fraction of sp³-hybridized carbons (Fsp3) is 0.393. The van der Waals surface area contributed by atoms with Crippen LogP contribution in [0.15, 0.2) is 59.9 Å². The molecule has 5 rings (SSSR count). The molecule has 0 saturated carbocycles. The Hall–Kier alpha value is -3.57. The minimum Gasteiger partial charge on any atom is -0.481 e. The second-order valence-corrected chi connectivity index (χ2v) is 12.1. The number of halogens is 1.